The Balaban J connectivity index is 1.78. The van der Waals surface area contributed by atoms with E-state index in [2.05, 4.69) is 36.5 Å². The summed E-state index contributed by atoms with van der Waals surface area (Å²) in [7, 11) is 0. The lowest BCUT2D eigenvalue weighted by Crippen LogP contribution is -2.29. The SMILES string of the molecule is C[C@H]1CC(=O)C2=C(C1)c1c(ccc3ccccc13)N[C@@H]2c1ccc(F)cc1. The molecule has 2 aliphatic rings. The standard InChI is InChI=1S/C24H20FNO/c1-14-12-19-22-18-5-3-2-4-15(18)8-11-20(22)26-24(23(19)21(27)13-14)16-6-9-17(25)10-7-16/h2-11,14,24,26H,12-13H2,1H3/t14-,24-/m1/s1. The van der Waals surface area contributed by atoms with Gasteiger partial charge in [-0.05, 0) is 52.4 Å². The molecule has 27 heavy (non-hydrogen) atoms. The van der Waals surface area contributed by atoms with E-state index in [1.807, 2.05) is 12.1 Å². The van der Waals surface area contributed by atoms with Gasteiger partial charge in [-0.2, -0.15) is 0 Å². The van der Waals surface area contributed by atoms with Crippen LogP contribution in [0.25, 0.3) is 16.3 Å². The molecule has 5 rings (SSSR count). The van der Waals surface area contributed by atoms with Gasteiger partial charge in [0.15, 0.2) is 5.78 Å². The first-order valence-electron chi connectivity index (χ1n) is 9.42. The molecule has 0 bridgehead atoms. The quantitative estimate of drug-likeness (QED) is 0.587. The van der Waals surface area contributed by atoms with Crippen LogP contribution in [0.3, 0.4) is 0 Å². The zero-order valence-electron chi connectivity index (χ0n) is 15.1. The maximum atomic E-state index is 13.4. The molecule has 0 saturated carbocycles. The molecule has 0 saturated heterocycles. The van der Waals surface area contributed by atoms with E-state index in [9.17, 15) is 9.18 Å². The summed E-state index contributed by atoms with van der Waals surface area (Å²) in [5, 5.41) is 5.92. The second-order valence-corrected chi connectivity index (χ2v) is 7.67. The third-order valence-corrected chi connectivity index (χ3v) is 5.73. The Morgan fingerprint density at radius 3 is 2.56 bits per heavy atom. The van der Waals surface area contributed by atoms with Crippen molar-refractivity contribution in [2.45, 2.75) is 25.8 Å². The van der Waals surface area contributed by atoms with Crippen molar-refractivity contribution in [3.05, 3.63) is 83.2 Å². The van der Waals surface area contributed by atoms with Crippen LogP contribution in [0.1, 0.15) is 36.9 Å². The van der Waals surface area contributed by atoms with Crippen molar-refractivity contribution in [3.63, 3.8) is 0 Å². The summed E-state index contributed by atoms with van der Waals surface area (Å²) in [6.07, 6.45) is 1.46. The zero-order chi connectivity index (χ0) is 18.5. The van der Waals surface area contributed by atoms with Crippen LogP contribution in [-0.2, 0) is 4.79 Å². The van der Waals surface area contributed by atoms with Crippen LogP contribution in [0.15, 0.2) is 66.2 Å². The van der Waals surface area contributed by atoms with E-state index < -0.39 is 0 Å². The molecule has 0 amide bonds. The number of halogens is 1. The molecule has 134 valence electrons. The van der Waals surface area contributed by atoms with Crippen LogP contribution in [0.5, 0.6) is 0 Å². The Kier molecular flexibility index (Phi) is 3.64. The van der Waals surface area contributed by atoms with Gasteiger partial charge in [0.1, 0.15) is 5.82 Å². The predicted molar refractivity (Wildman–Crippen MR) is 107 cm³/mol. The Labute approximate surface area is 157 Å². The molecule has 0 radical (unpaired) electrons. The molecule has 2 nitrogen and oxygen atoms in total. The maximum Gasteiger partial charge on any atom is 0.161 e. The molecule has 0 unspecified atom stereocenters. The number of benzene rings is 3. The molecule has 3 aromatic carbocycles. The number of fused-ring (bicyclic) bond motifs is 4. The maximum absolute atomic E-state index is 13.4. The number of hydrogen-bond acceptors (Lipinski definition) is 2. The van der Waals surface area contributed by atoms with E-state index in [-0.39, 0.29) is 17.6 Å². The van der Waals surface area contributed by atoms with Crippen LogP contribution in [0.2, 0.25) is 0 Å². The van der Waals surface area contributed by atoms with Gasteiger partial charge in [-0.1, -0.05) is 49.4 Å². The van der Waals surface area contributed by atoms with Crippen LogP contribution >= 0.6 is 0 Å². The second-order valence-electron chi connectivity index (χ2n) is 7.67. The summed E-state index contributed by atoms with van der Waals surface area (Å²) in [5.41, 5.74) is 5.12. The van der Waals surface area contributed by atoms with Gasteiger partial charge in [-0.15, -0.1) is 0 Å². The topological polar surface area (TPSA) is 29.1 Å². The fourth-order valence-corrected chi connectivity index (χ4v) is 4.55. The number of nitrogens with one attached hydrogen (secondary N) is 1. The first kappa shape index (κ1) is 16.2. The van der Waals surface area contributed by atoms with Gasteiger partial charge < -0.3 is 5.32 Å². The highest BCUT2D eigenvalue weighted by Gasteiger charge is 2.36. The number of ketones is 1. The normalized spacial score (nSPS) is 21.6. The summed E-state index contributed by atoms with van der Waals surface area (Å²) >= 11 is 0. The summed E-state index contributed by atoms with van der Waals surface area (Å²) in [5.74, 6) is 0.262. The Morgan fingerprint density at radius 1 is 0.963 bits per heavy atom. The van der Waals surface area contributed by atoms with Gasteiger partial charge in [0.25, 0.3) is 0 Å². The van der Waals surface area contributed by atoms with E-state index in [0.717, 1.165) is 34.4 Å². The van der Waals surface area contributed by atoms with Gasteiger partial charge in [0.2, 0.25) is 0 Å². The highest BCUT2D eigenvalue weighted by Crippen LogP contribution is 2.48. The Bertz CT molecular complexity index is 1100. The average Bonchev–Trinajstić information content (AvgIpc) is 2.67. The number of allylic oxidation sites excluding steroid dienone is 1. The monoisotopic (exact) mass is 357 g/mol. The molecule has 2 atom stereocenters. The fourth-order valence-electron chi connectivity index (χ4n) is 4.55. The van der Waals surface area contributed by atoms with E-state index in [1.165, 1.54) is 22.9 Å². The largest absolute Gasteiger partial charge is 0.373 e. The van der Waals surface area contributed by atoms with Crippen LogP contribution in [0.4, 0.5) is 10.1 Å². The lowest BCUT2D eigenvalue weighted by molar-refractivity contribution is -0.116. The molecular weight excluding hydrogens is 337 g/mol. The Hall–Kier alpha value is -2.94. The number of Topliss-reactive ketones (excluding diaryl/α,β-unsaturated/α-hetero) is 1. The van der Waals surface area contributed by atoms with Crippen molar-refractivity contribution in [3.8, 4) is 0 Å². The first-order valence-corrected chi connectivity index (χ1v) is 9.42. The molecule has 1 aliphatic heterocycles. The van der Waals surface area contributed by atoms with E-state index in [0.29, 0.717) is 12.3 Å². The summed E-state index contributed by atoms with van der Waals surface area (Å²) in [4.78, 5) is 13.1. The highest BCUT2D eigenvalue weighted by atomic mass is 19.1. The highest BCUT2D eigenvalue weighted by molar-refractivity contribution is 6.12. The fraction of sp³-hybridized carbons (Fsp3) is 0.208. The van der Waals surface area contributed by atoms with Crippen LogP contribution in [-0.4, -0.2) is 5.78 Å². The average molecular weight is 357 g/mol. The molecule has 3 aromatic rings. The molecule has 3 heteroatoms. The van der Waals surface area contributed by atoms with Gasteiger partial charge in [-0.3, -0.25) is 4.79 Å². The van der Waals surface area contributed by atoms with Crippen molar-refractivity contribution in [1.82, 2.24) is 0 Å². The second kappa shape index (κ2) is 6.05. The van der Waals surface area contributed by atoms with Crippen molar-refractivity contribution < 1.29 is 9.18 Å². The molecule has 1 heterocycles. The molecule has 1 aliphatic carbocycles. The molecule has 0 spiro atoms. The van der Waals surface area contributed by atoms with Crippen LogP contribution in [0, 0.1) is 11.7 Å². The van der Waals surface area contributed by atoms with E-state index in [1.54, 1.807) is 12.1 Å². The number of hydrogen-bond donors (Lipinski definition) is 1. The minimum Gasteiger partial charge on any atom is -0.373 e. The van der Waals surface area contributed by atoms with E-state index >= 15 is 0 Å². The molecule has 1 N–H and O–H groups in total. The van der Waals surface area contributed by atoms with Gasteiger partial charge in [0, 0.05) is 23.2 Å². The van der Waals surface area contributed by atoms with Crippen molar-refractivity contribution in [1.29, 1.82) is 0 Å². The third-order valence-electron chi connectivity index (χ3n) is 5.73. The first-order chi connectivity index (χ1) is 13.1. The van der Waals surface area contributed by atoms with Gasteiger partial charge in [0.05, 0.1) is 6.04 Å². The van der Waals surface area contributed by atoms with Crippen LogP contribution < -0.4 is 5.32 Å². The predicted octanol–water partition coefficient (Wildman–Crippen LogP) is 5.90. The summed E-state index contributed by atoms with van der Waals surface area (Å²) < 4.78 is 13.4. The zero-order valence-corrected chi connectivity index (χ0v) is 15.1. The number of anilines is 1. The number of rotatable bonds is 1. The van der Waals surface area contributed by atoms with Crippen molar-refractivity contribution >= 4 is 27.8 Å². The molecule has 0 aromatic heterocycles. The van der Waals surface area contributed by atoms with Crippen molar-refractivity contribution in [2.75, 3.05) is 5.32 Å². The van der Waals surface area contributed by atoms with Crippen molar-refractivity contribution in [2.24, 2.45) is 5.92 Å². The third kappa shape index (κ3) is 2.57. The number of carbonyl (C=O) groups excluding carboxylic acids is 1. The lowest BCUT2D eigenvalue weighted by Gasteiger charge is -2.36. The number of carbonyl (C=O) groups is 1. The smallest absolute Gasteiger partial charge is 0.161 e. The van der Waals surface area contributed by atoms with E-state index in [4.69, 9.17) is 0 Å². The summed E-state index contributed by atoms with van der Waals surface area (Å²) in [6, 6.07) is 18.8. The molecular formula is C24H20FNO. The van der Waals surface area contributed by atoms with Gasteiger partial charge >= 0.3 is 0 Å². The summed E-state index contributed by atoms with van der Waals surface area (Å²) in [6.45, 7) is 2.14. The van der Waals surface area contributed by atoms with Gasteiger partial charge in [-0.25, -0.2) is 4.39 Å². The minimum atomic E-state index is -0.265. The minimum absolute atomic E-state index is 0.198. The molecule has 0 fully saturated rings. The lowest BCUT2D eigenvalue weighted by atomic mass is 9.74. The Morgan fingerprint density at radius 2 is 1.74 bits per heavy atom.